The van der Waals surface area contributed by atoms with Gasteiger partial charge in [-0.1, -0.05) is 13.8 Å². The molecule has 1 aromatic heterocycles. The van der Waals surface area contributed by atoms with Crippen LogP contribution in [0.3, 0.4) is 0 Å². The summed E-state index contributed by atoms with van der Waals surface area (Å²) in [5, 5.41) is 8.01. The standard InChI is InChI=1S/C14H23N3/c1-5-8-9-10-13(15-7-3)14-11-12(6-2)16-17(14)4/h11,13,15H,6-7,9-10H2,1-4H3. The molecule has 1 N–H and O–H groups in total. The van der Waals surface area contributed by atoms with Gasteiger partial charge in [0.05, 0.1) is 17.4 Å². The molecule has 0 saturated carbocycles. The third kappa shape index (κ3) is 3.90. The second-order valence-electron chi connectivity index (χ2n) is 4.11. The predicted molar refractivity (Wildman–Crippen MR) is 71.7 cm³/mol. The maximum absolute atomic E-state index is 4.50. The molecule has 1 aromatic rings. The molecule has 94 valence electrons. The molecule has 1 unspecified atom stereocenters. The van der Waals surface area contributed by atoms with Crippen molar-refractivity contribution in [1.29, 1.82) is 0 Å². The Bertz CT molecular complexity index is 395. The summed E-state index contributed by atoms with van der Waals surface area (Å²) >= 11 is 0. The minimum atomic E-state index is 0.360. The van der Waals surface area contributed by atoms with Gasteiger partial charge in [0, 0.05) is 13.5 Å². The van der Waals surface area contributed by atoms with Crippen molar-refractivity contribution in [3.8, 4) is 11.8 Å². The first-order valence-electron chi connectivity index (χ1n) is 6.38. The Labute approximate surface area is 105 Å². The fraction of sp³-hybridized carbons (Fsp3) is 0.643. The number of nitrogens with one attached hydrogen (secondary N) is 1. The summed E-state index contributed by atoms with van der Waals surface area (Å²) in [7, 11) is 2.02. The van der Waals surface area contributed by atoms with Crippen LogP contribution in [0.5, 0.6) is 0 Å². The fourth-order valence-corrected chi connectivity index (χ4v) is 1.98. The lowest BCUT2D eigenvalue weighted by molar-refractivity contribution is 0.485. The first-order valence-corrected chi connectivity index (χ1v) is 6.38. The molecule has 0 radical (unpaired) electrons. The summed E-state index contributed by atoms with van der Waals surface area (Å²) in [5.74, 6) is 6.07. The second kappa shape index (κ2) is 7.13. The van der Waals surface area contributed by atoms with Crippen LogP contribution in [0.25, 0.3) is 0 Å². The lowest BCUT2D eigenvalue weighted by atomic mass is 10.1. The van der Waals surface area contributed by atoms with E-state index in [1.165, 1.54) is 5.69 Å². The van der Waals surface area contributed by atoms with Gasteiger partial charge in [-0.25, -0.2) is 0 Å². The molecule has 0 spiro atoms. The lowest BCUT2D eigenvalue weighted by Gasteiger charge is -2.16. The van der Waals surface area contributed by atoms with Crippen molar-refractivity contribution in [2.75, 3.05) is 6.54 Å². The highest BCUT2D eigenvalue weighted by atomic mass is 15.3. The summed E-state index contributed by atoms with van der Waals surface area (Å²) in [6.45, 7) is 7.13. The van der Waals surface area contributed by atoms with E-state index >= 15 is 0 Å². The molecule has 0 aliphatic carbocycles. The Morgan fingerprint density at radius 3 is 2.76 bits per heavy atom. The van der Waals surface area contributed by atoms with E-state index in [1.807, 2.05) is 18.7 Å². The smallest absolute Gasteiger partial charge is 0.0625 e. The molecule has 1 atom stereocenters. The first kappa shape index (κ1) is 13.8. The van der Waals surface area contributed by atoms with Crippen molar-refractivity contribution < 1.29 is 0 Å². The summed E-state index contributed by atoms with van der Waals surface area (Å²) in [4.78, 5) is 0. The molecule has 0 saturated heterocycles. The quantitative estimate of drug-likeness (QED) is 0.765. The first-order chi connectivity index (χ1) is 8.22. The van der Waals surface area contributed by atoms with E-state index in [2.05, 4.69) is 42.2 Å². The molecule has 0 aliphatic heterocycles. The minimum absolute atomic E-state index is 0.360. The molecule has 3 heteroatoms. The normalized spacial score (nSPS) is 12.0. The number of aromatic nitrogens is 2. The van der Waals surface area contributed by atoms with Crippen LogP contribution in [-0.4, -0.2) is 16.3 Å². The molecular weight excluding hydrogens is 210 g/mol. The SMILES string of the molecule is CC#CCCC(NCC)c1cc(CC)nn1C. The third-order valence-corrected chi connectivity index (χ3v) is 2.87. The van der Waals surface area contributed by atoms with Gasteiger partial charge < -0.3 is 5.32 Å². The van der Waals surface area contributed by atoms with Crippen molar-refractivity contribution in [3.05, 3.63) is 17.5 Å². The van der Waals surface area contributed by atoms with Gasteiger partial charge in [0.25, 0.3) is 0 Å². The Morgan fingerprint density at radius 2 is 2.24 bits per heavy atom. The van der Waals surface area contributed by atoms with Crippen LogP contribution in [-0.2, 0) is 13.5 Å². The molecule has 3 nitrogen and oxygen atoms in total. The number of aryl methyl sites for hydroxylation is 2. The monoisotopic (exact) mass is 233 g/mol. The van der Waals surface area contributed by atoms with Crippen LogP contribution >= 0.6 is 0 Å². The van der Waals surface area contributed by atoms with Gasteiger partial charge in [-0.3, -0.25) is 4.68 Å². The van der Waals surface area contributed by atoms with Gasteiger partial charge in [0.1, 0.15) is 0 Å². The van der Waals surface area contributed by atoms with Gasteiger partial charge in [-0.15, -0.1) is 11.8 Å². The molecule has 0 aliphatic rings. The Hall–Kier alpha value is -1.27. The van der Waals surface area contributed by atoms with Gasteiger partial charge in [-0.05, 0) is 32.4 Å². The van der Waals surface area contributed by atoms with Gasteiger partial charge in [-0.2, -0.15) is 5.10 Å². The number of nitrogens with zero attached hydrogens (tertiary/aromatic N) is 2. The molecule has 1 heterocycles. The Balaban J connectivity index is 2.78. The largest absolute Gasteiger partial charge is 0.309 e. The van der Waals surface area contributed by atoms with E-state index in [0.29, 0.717) is 6.04 Å². The topological polar surface area (TPSA) is 29.9 Å². The van der Waals surface area contributed by atoms with Crippen molar-refractivity contribution in [2.24, 2.45) is 7.05 Å². The minimum Gasteiger partial charge on any atom is -0.309 e. The zero-order chi connectivity index (χ0) is 12.7. The average Bonchev–Trinajstić information content (AvgIpc) is 2.70. The van der Waals surface area contributed by atoms with E-state index < -0.39 is 0 Å². The average molecular weight is 233 g/mol. The number of hydrogen-bond acceptors (Lipinski definition) is 2. The van der Waals surface area contributed by atoms with Crippen LogP contribution in [0.4, 0.5) is 0 Å². The highest BCUT2D eigenvalue weighted by Gasteiger charge is 2.14. The third-order valence-electron chi connectivity index (χ3n) is 2.87. The Morgan fingerprint density at radius 1 is 1.47 bits per heavy atom. The van der Waals surface area contributed by atoms with Crippen LogP contribution in [0.2, 0.25) is 0 Å². The predicted octanol–water partition coefficient (Wildman–Crippen LogP) is 2.44. The van der Waals surface area contributed by atoms with Gasteiger partial charge in [0.2, 0.25) is 0 Å². The molecule has 0 amide bonds. The zero-order valence-corrected chi connectivity index (χ0v) is 11.4. The molecule has 17 heavy (non-hydrogen) atoms. The maximum Gasteiger partial charge on any atom is 0.0625 e. The van der Waals surface area contributed by atoms with Crippen molar-refractivity contribution in [2.45, 2.75) is 46.1 Å². The van der Waals surface area contributed by atoms with Crippen LogP contribution in [0.1, 0.15) is 51.0 Å². The summed E-state index contributed by atoms with van der Waals surface area (Å²) in [6, 6.07) is 2.56. The highest BCUT2D eigenvalue weighted by Crippen LogP contribution is 2.19. The van der Waals surface area contributed by atoms with E-state index in [0.717, 1.165) is 31.5 Å². The lowest BCUT2D eigenvalue weighted by Crippen LogP contribution is -2.23. The van der Waals surface area contributed by atoms with Crippen molar-refractivity contribution in [3.63, 3.8) is 0 Å². The van der Waals surface area contributed by atoms with Crippen LogP contribution < -0.4 is 5.32 Å². The van der Waals surface area contributed by atoms with Crippen molar-refractivity contribution >= 4 is 0 Å². The Kier molecular flexibility index (Phi) is 5.79. The molecule has 0 aromatic carbocycles. The van der Waals surface area contributed by atoms with E-state index in [4.69, 9.17) is 0 Å². The zero-order valence-electron chi connectivity index (χ0n) is 11.4. The maximum atomic E-state index is 4.50. The van der Waals surface area contributed by atoms with Gasteiger partial charge in [0.15, 0.2) is 0 Å². The van der Waals surface area contributed by atoms with E-state index in [9.17, 15) is 0 Å². The number of hydrogen-bond donors (Lipinski definition) is 1. The van der Waals surface area contributed by atoms with Crippen LogP contribution in [0, 0.1) is 11.8 Å². The van der Waals surface area contributed by atoms with E-state index in [-0.39, 0.29) is 0 Å². The van der Waals surface area contributed by atoms with E-state index in [1.54, 1.807) is 0 Å². The molecule has 1 rings (SSSR count). The molecule has 0 fully saturated rings. The van der Waals surface area contributed by atoms with Gasteiger partial charge >= 0.3 is 0 Å². The van der Waals surface area contributed by atoms with Crippen molar-refractivity contribution in [1.82, 2.24) is 15.1 Å². The second-order valence-corrected chi connectivity index (χ2v) is 4.11. The summed E-state index contributed by atoms with van der Waals surface area (Å²) in [5.41, 5.74) is 2.42. The molecular formula is C14H23N3. The summed E-state index contributed by atoms with van der Waals surface area (Å²) in [6.07, 6.45) is 2.96. The fourth-order valence-electron chi connectivity index (χ4n) is 1.98. The number of rotatable bonds is 6. The molecule has 0 bridgehead atoms. The van der Waals surface area contributed by atoms with Crippen LogP contribution in [0.15, 0.2) is 6.07 Å². The summed E-state index contributed by atoms with van der Waals surface area (Å²) < 4.78 is 1.99. The highest BCUT2D eigenvalue weighted by molar-refractivity contribution is 5.15.